The van der Waals surface area contributed by atoms with Gasteiger partial charge in [0.05, 0.1) is 24.6 Å². The lowest BCUT2D eigenvalue weighted by Crippen LogP contribution is -2.45. The molecule has 1 aromatic rings. The first-order valence-corrected chi connectivity index (χ1v) is 8.30. The first-order valence-electron chi connectivity index (χ1n) is 7.32. The Morgan fingerprint density at radius 2 is 1.88 bits per heavy atom. The Kier molecular flexibility index (Phi) is 7.46. The zero-order valence-corrected chi connectivity index (χ0v) is 15.0. The summed E-state index contributed by atoms with van der Waals surface area (Å²) in [4.78, 5) is 37.5. The normalized spacial score (nSPS) is 11.3. The summed E-state index contributed by atoms with van der Waals surface area (Å²) in [5.41, 5.74) is 2.31. The summed E-state index contributed by atoms with van der Waals surface area (Å²) in [6, 6.07) is 6.49. The van der Waals surface area contributed by atoms with Crippen molar-refractivity contribution in [3.05, 3.63) is 29.3 Å². The molecule has 0 fully saturated rings. The quantitative estimate of drug-likeness (QED) is 0.734. The van der Waals surface area contributed by atoms with E-state index in [2.05, 4.69) is 0 Å². The molecule has 7 heteroatoms. The van der Waals surface area contributed by atoms with E-state index in [0.717, 1.165) is 22.9 Å². The summed E-state index contributed by atoms with van der Waals surface area (Å²) in [6.07, 6.45) is -0.256. The number of anilines is 1. The molecule has 24 heavy (non-hydrogen) atoms. The number of hydrogen-bond acceptors (Lipinski definition) is 6. The largest absolute Gasteiger partial charge is 0.467 e. The number of methoxy groups -OCH3 is 1. The Labute approximate surface area is 145 Å². The highest BCUT2D eigenvalue weighted by Gasteiger charge is 2.30. The van der Waals surface area contributed by atoms with Crippen molar-refractivity contribution in [1.82, 2.24) is 0 Å². The van der Waals surface area contributed by atoms with Crippen LogP contribution in [0.15, 0.2) is 18.2 Å². The molecule has 0 bridgehead atoms. The minimum Gasteiger partial charge on any atom is -0.467 e. The molecule has 0 unspecified atom stereocenters. The average molecular weight is 348 g/mol. The maximum Gasteiger partial charge on any atom is 0.328 e. The number of aryl methyl sites for hydroxylation is 2. The van der Waals surface area contributed by atoms with Crippen LogP contribution in [0.3, 0.4) is 0 Å². The van der Waals surface area contributed by atoms with Gasteiger partial charge in [0.15, 0.2) is 0 Å². The van der Waals surface area contributed by atoms with Gasteiger partial charge in [-0.15, -0.1) is 0 Å². The number of amides is 1. The molecule has 1 amide bonds. The fraction of sp³-hybridized carbons (Fsp3) is 0.412. The van der Waals surface area contributed by atoms with Crippen molar-refractivity contribution in [2.24, 2.45) is 0 Å². The lowest BCUT2D eigenvalue weighted by molar-refractivity contribution is -0.142. The van der Waals surface area contributed by atoms with E-state index in [9.17, 15) is 14.4 Å². The molecule has 0 saturated carbocycles. The van der Waals surface area contributed by atoms with Gasteiger partial charge in [0.2, 0.25) is 11.0 Å². The van der Waals surface area contributed by atoms with E-state index < -0.39 is 12.0 Å². The summed E-state index contributed by atoms with van der Waals surface area (Å²) >= 11 is 0.776. The van der Waals surface area contributed by atoms with Crippen LogP contribution in [0.1, 0.15) is 24.5 Å². The lowest BCUT2D eigenvalue weighted by Gasteiger charge is -2.30. The third-order valence-electron chi connectivity index (χ3n) is 3.46. The first kappa shape index (κ1) is 19.7. The molecule has 0 saturated heterocycles. The molecule has 1 rings (SSSR count). The highest BCUT2D eigenvalue weighted by Crippen LogP contribution is 2.28. The molecule has 0 aliphatic heterocycles. The maximum atomic E-state index is 12.7. The van der Waals surface area contributed by atoms with Crippen LogP contribution in [0.25, 0.3) is 0 Å². The van der Waals surface area contributed by atoms with Gasteiger partial charge < -0.3 is 4.74 Å². The van der Waals surface area contributed by atoms with Crippen LogP contribution in [0.4, 0.5) is 5.69 Å². The number of ether oxygens (including phenoxy) is 1. The van der Waals surface area contributed by atoms with Crippen LogP contribution in [0, 0.1) is 25.2 Å². The third kappa shape index (κ3) is 4.83. The third-order valence-corrected chi connectivity index (χ3v) is 4.32. The van der Waals surface area contributed by atoms with Crippen molar-refractivity contribution in [2.45, 2.75) is 33.2 Å². The highest BCUT2D eigenvalue weighted by atomic mass is 32.2. The molecule has 0 heterocycles. The maximum absolute atomic E-state index is 12.7. The topological polar surface area (TPSA) is 87.5 Å². The molecule has 0 radical (unpaired) electrons. The predicted molar refractivity (Wildman–Crippen MR) is 92.6 cm³/mol. The summed E-state index contributed by atoms with van der Waals surface area (Å²) in [7, 11) is 1.26. The van der Waals surface area contributed by atoms with Crippen molar-refractivity contribution in [3.8, 4) is 6.07 Å². The molecule has 0 N–H and O–H groups in total. The predicted octanol–water partition coefficient (Wildman–Crippen LogP) is 2.37. The molecule has 1 aromatic carbocycles. The number of carbonyl (C=O) groups is 3. The van der Waals surface area contributed by atoms with Crippen molar-refractivity contribution in [1.29, 1.82) is 5.26 Å². The number of nitriles is 1. The van der Waals surface area contributed by atoms with Crippen LogP contribution in [0.2, 0.25) is 0 Å². The summed E-state index contributed by atoms with van der Waals surface area (Å²) in [6.45, 7) is 5.28. The van der Waals surface area contributed by atoms with E-state index in [-0.39, 0.29) is 23.2 Å². The molecule has 1 atom stereocenters. The van der Waals surface area contributed by atoms with E-state index in [1.54, 1.807) is 13.0 Å². The zero-order valence-electron chi connectivity index (χ0n) is 14.2. The van der Waals surface area contributed by atoms with Crippen LogP contribution in [0.5, 0.6) is 0 Å². The van der Waals surface area contributed by atoms with Crippen LogP contribution >= 0.6 is 11.8 Å². The van der Waals surface area contributed by atoms with E-state index in [4.69, 9.17) is 10.00 Å². The van der Waals surface area contributed by atoms with E-state index in [1.807, 2.05) is 32.0 Å². The van der Waals surface area contributed by atoms with Gasteiger partial charge in [-0.2, -0.15) is 5.26 Å². The number of para-hydroxylation sites is 1. The standard InChI is InChI=1S/C17H20N2O4S/c1-11-6-5-7-12(2)16(11)19(13(3)17(22)23-4)14(20)10-24-15(21)8-9-18/h5-7,13H,8,10H2,1-4H3/t13-/m0/s1. The fourth-order valence-electron chi connectivity index (χ4n) is 2.32. The molecule has 0 aromatic heterocycles. The molecular weight excluding hydrogens is 328 g/mol. The first-order chi connectivity index (χ1) is 11.3. The van der Waals surface area contributed by atoms with Gasteiger partial charge in [-0.1, -0.05) is 30.0 Å². The number of thioether (sulfide) groups is 1. The van der Waals surface area contributed by atoms with Crippen LogP contribution in [-0.4, -0.2) is 35.9 Å². The fourth-order valence-corrected chi connectivity index (χ4v) is 2.91. The molecule has 6 nitrogen and oxygen atoms in total. The molecule has 0 spiro atoms. The average Bonchev–Trinajstić information content (AvgIpc) is 2.55. The second-order valence-electron chi connectivity index (χ2n) is 5.20. The lowest BCUT2D eigenvalue weighted by atomic mass is 10.1. The number of carbonyl (C=O) groups excluding carboxylic acids is 3. The van der Waals surface area contributed by atoms with Gasteiger partial charge in [-0.25, -0.2) is 4.79 Å². The summed E-state index contributed by atoms with van der Waals surface area (Å²) in [5, 5.41) is 8.14. The summed E-state index contributed by atoms with van der Waals surface area (Å²) < 4.78 is 4.76. The van der Waals surface area contributed by atoms with Crippen LogP contribution < -0.4 is 4.90 Å². The molecule has 128 valence electrons. The van der Waals surface area contributed by atoms with Crippen molar-refractivity contribution < 1.29 is 19.1 Å². The second-order valence-corrected chi connectivity index (χ2v) is 6.23. The Morgan fingerprint density at radius 1 is 1.29 bits per heavy atom. The van der Waals surface area contributed by atoms with Crippen molar-refractivity contribution in [2.75, 3.05) is 17.8 Å². The molecule has 0 aliphatic carbocycles. The van der Waals surface area contributed by atoms with E-state index in [0.29, 0.717) is 5.69 Å². The number of esters is 1. The molecule has 0 aliphatic rings. The van der Waals surface area contributed by atoms with Gasteiger partial charge in [0.1, 0.15) is 12.5 Å². The number of benzene rings is 1. The Balaban J connectivity index is 3.15. The minimum absolute atomic E-state index is 0.143. The SMILES string of the molecule is COC(=O)[C@H](C)N(C(=O)CSC(=O)CC#N)c1c(C)cccc1C. The number of nitrogens with zero attached hydrogens (tertiary/aromatic N) is 2. The van der Waals surface area contributed by atoms with Crippen LogP contribution in [-0.2, 0) is 19.1 Å². The van der Waals surface area contributed by atoms with Gasteiger partial charge >= 0.3 is 5.97 Å². The number of rotatable bonds is 6. The number of hydrogen-bond donors (Lipinski definition) is 0. The van der Waals surface area contributed by atoms with Gasteiger partial charge in [-0.3, -0.25) is 14.5 Å². The zero-order chi connectivity index (χ0) is 18.3. The van der Waals surface area contributed by atoms with Gasteiger partial charge in [0.25, 0.3) is 0 Å². The highest BCUT2D eigenvalue weighted by molar-refractivity contribution is 8.14. The Hall–Kier alpha value is -2.33. The van der Waals surface area contributed by atoms with Crippen molar-refractivity contribution >= 4 is 34.4 Å². The minimum atomic E-state index is -0.825. The van der Waals surface area contributed by atoms with Gasteiger partial charge in [-0.05, 0) is 31.9 Å². The Bertz CT molecular complexity index is 661. The van der Waals surface area contributed by atoms with Crippen molar-refractivity contribution in [3.63, 3.8) is 0 Å². The second kappa shape index (κ2) is 9.08. The smallest absolute Gasteiger partial charge is 0.328 e. The monoisotopic (exact) mass is 348 g/mol. The van der Waals surface area contributed by atoms with E-state index >= 15 is 0 Å². The summed E-state index contributed by atoms with van der Waals surface area (Å²) in [5.74, 6) is -1.07. The Morgan fingerprint density at radius 3 is 2.38 bits per heavy atom. The molecular formula is C17H20N2O4S. The van der Waals surface area contributed by atoms with Gasteiger partial charge in [0, 0.05) is 0 Å². The van der Waals surface area contributed by atoms with E-state index in [1.165, 1.54) is 12.0 Å².